The fourth-order valence-corrected chi connectivity index (χ4v) is 1.42. The number of carboxylic acid groups (broad SMARTS) is 1. The van der Waals surface area contributed by atoms with Crippen LogP contribution in [0.25, 0.3) is 11.0 Å². The number of hydrogen-bond donors (Lipinski definition) is 3. The Balaban J connectivity index is 0.00000112. The Bertz CT molecular complexity index is 495. The number of nitrogens with two attached hydrogens (primary N) is 1. The average molecular weight is 228 g/mol. The molecule has 15 heavy (non-hydrogen) atoms. The van der Waals surface area contributed by atoms with Crippen LogP contribution in [0.15, 0.2) is 18.2 Å². The van der Waals surface area contributed by atoms with E-state index < -0.39 is 5.97 Å². The van der Waals surface area contributed by atoms with E-state index in [1.54, 1.807) is 12.1 Å². The molecule has 0 unspecified atom stereocenters. The number of anilines is 1. The second-order valence-electron chi connectivity index (χ2n) is 3.01. The molecule has 1 aromatic heterocycles. The van der Waals surface area contributed by atoms with Crippen LogP contribution in [0.3, 0.4) is 0 Å². The average Bonchev–Trinajstić information content (AvgIpc) is 2.45. The van der Waals surface area contributed by atoms with Gasteiger partial charge in [-0.25, -0.2) is 4.98 Å². The molecule has 0 aliphatic carbocycles. The Labute approximate surface area is 91.7 Å². The summed E-state index contributed by atoms with van der Waals surface area (Å²) >= 11 is 0. The lowest BCUT2D eigenvalue weighted by Crippen LogP contribution is -2.00. The van der Waals surface area contributed by atoms with E-state index in [-0.39, 0.29) is 18.8 Å². The lowest BCUT2D eigenvalue weighted by Gasteiger charge is -1.96. The molecule has 5 nitrogen and oxygen atoms in total. The van der Waals surface area contributed by atoms with Gasteiger partial charge >= 0.3 is 5.97 Å². The molecule has 1 heterocycles. The van der Waals surface area contributed by atoms with Gasteiger partial charge in [-0.1, -0.05) is 12.1 Å². The first-order valence-corrected chi connectivity index (χ1v) is 4.11. The number of carbonyl (C=O) groups is 1. The minimum absolute atomic E-state index is 0. The third-order valence-electron chi connectivity index (χ3n) is 1.96. The van der Waals surface area contributed by atoms with Crippen molar-refractivity contribution in [3.05, 3.63) is 23.8 Å². The number of carboxylic acids is 1. The second-order valence-corrected chi connectivity index (χ2v) is 3.01. The number of nitrogen functional groups attached to an aromatic ring is 1. The van der Waals surface area contributed by atoms with Crippen LogP contribution in [0, 0.1) is 0 Å². The number of nitrogens with one attached hydrogen (secondary N) is 1. The summed E-state index contributed by atoms with van der Waals surface area (Å²) < 4.78 is 0. The Morgan fingerprint density at radius 3 is 2.93 bits per heavy atom. The molecule has 0 aliphatic heterocycles. The van der Waals surface area contributed by atoms with Crippen molar-refractivity contribution >= 4 is 35.4 Å². The van der Waals surface area contributed by atoms with Crippen LogP contribution < -0.4 is 5.73 Å². The van der Waals surface area contributed by atoms with Gasteiger partial charge in [0, 0.05) is 0 Å². The van der Waals surface area contributed by atoms with E-state index >= 15 is 0 Å². The highest BCUT2D eigenvalue weighted by atomic mass is 35.5. The van der Waals surface area contributed by atoms with Crippen molar-refractivity contribution in [2.45, 2.75) is 6.42 Å². The number of hydrogen-bond acceptors (Lipinski definition) is 3. The smallest absolute Gasteiger partial charge is 0.307 e. The number of para-hydroxylation sites is 1. The van der Waals surface area contributed by atoms with Crippen LogP contribution in [0.4, 0.5) is 5.95 Å². The lowest BCUT2D eigenvalue weighted by atomic mass is 10.1. The molecule has 0 radical (unpaired) electrons. The summed E-state index contributed by atoms with van der Waals surface area (Å²) in [5.41, 5.74) is 7.54. The van der Waals surface area contributed by atoms with Crippen LogP contribution >= 0.6 is 12.4 Å². The van der Waals surface area contributed by atoms with Crippen LogP contribution in [0.5, 0.6) is 0 Å². The minimum Gasteiger partial charge on any atom is -0.481 e. The van der Waals surface area contributed by atoms with E-state index in [2.05, 4.69) is 9.97 Å². The van der Waals surface area contributed by atoms with Crippen molar-refractivity contribution in [1.82, 2.24) is 9.97 Å². The molecule has 2 aromatic rings. The number of halogens is 1. The number of aromatic nitrogens is 2. The molecule has 0 spiro atoms. The van der Waals surface area contributed by atoms with Gasteiger partial charge in [0.2, 0.25) is 0 Å². The van der Waals surface area contributed by atoms with E-state index in [4.69, 9.17) is 10.8 Å². The lowest BCUT2D eigenvalue weighted by molar-refractivity contribution is -0.136. The molecular weight excluding hydrogens is 218 g/mol. The maximum absolute atomic E-state index is 10.5. The summed E-state index contributed by atoms with van der Waals surface area (Å²) in [6.45, 7) is 0. The van der Waals surface area contributed by atoms with Crippen LogP contribution in [0.2, 0.25) is 0 Å². The van der Waals surface area contributed by atoms with Crippen LogP contribution in [-0.2, 0) is 11.2 Å². The molecule has 1 aromatic carbocycles. The topological polar surface area (TPSA) is 92.0 Å². The predicted molar refractivity (Wildman–Crippen MR) is 59.1 cm³/mol. The highest BCUT2D eigenvalue weighted by molar-refractivity contribution is 5.85. The molecule has 2 rings (SSSR count). The van der Waals surface area contributed by atoms with Crippen molar-refractivity contribution in [2.75, 3.05) is 5.73 Å². The Morgan fingerprint density at radius 1 is 1.53 bits per heavy atom. The van der Waals surface area contributed by atoms with Gasteiger partial charge in [0.1, 0.15) is 0 Å². The quantitative estimate of drug-likeness (QED) is 0.719. The molecule has 80 valence electrons. The third kappa shape index (κ3) is 2.19. The molecule has 0 bridgehead atoms. The molecule has 0 amide bonds. The minimum atomic E-state index is -0.876. The van der Waals surface area contributed by atoms with Gasteiger partial charge in [-0.2, -0.15) is 0 Å². The highest BCUT2D eigenvalue weighted by Gasteiger charge is 2.08. The number of fused-ring (bicyclic) bond motifs is 1. The van der Waals surface area contributed by atoms with Crippen LogP contribution in [-0.4, -0.2) is 21.0 Å². The normalized spacial score (nSPS) is 9.87. The Hall–Kier alpha value is -1.75. The summed E-state index contributed by atoms with van der Waals surface area (Å²) in [4.78, 5) is 17.4. The van der Waals surface area contributed by atoms with Crippen molar-refractivity contribution in [1.29, 1.82) is 0 Å². The summed E-state index contributed by atoms with van der Waals surface area (Å²) in [6, 6.07) is 5.32. The first kappa shape index (κ1) is 11.3. The van der Waals surface area contributed by atoms with Crippen molar-refractivity contribution < 1.29 is 9.90 Å². The fourth-order valence-electron chi connectivity index (χ4n) is 1.42. The van der Waals surface area contributed by atoms with E-state index in [1.807, 2.05) is 6.07 Å². The van der Waals surface area contributed by atoms with E-state index in [0.717, 1.165) is 5.52 Å². The summed E-state index contributed by atoms with van der Waals surface area (Å²) in [5.74, 6) is -0.572. The second kappa shape index (κ2) is 4.18. The number of benzene rings is 1. The first-order chi connectivity index (χ1) is 6.66. The predicted octanol–water partition coefficient (Wildman–Crippen LogP) is 1.19. The first-order valence-electron chi connectivity index (χ1n) is 4.11. The maximum Gasteiger partial charge on any atom is 0.307 e. The molecule has 6 heteroatoms. The zero-order valence-corrected chi connectivity index (χ0v) is 8.54. The standard InChI is InChI=1S/C9H9N3O2.ClH/c10-9-11-6-3-1-2-5(4-7(13)14)8(6)12-9;/h1-3H,4H2,(H,13,14)(H3,10,11,12);1H. The SMILES string of the molecule is Cl.Nc1nc2c(CC(=O)O)cccc2[nH]1. The fraction of sp³-hybridized carbons (Fsp3) is 0.111. The van der Waals surface area contributed by atoms with Crippen molar-refractivity contribution in [3.8, 4) is 0 Å². The van der Waals surface area contributed by atoms with E-state index in [9.17, 15) is 4.79 Å². The van der Waals surface area contributed by atoms with Gasteiger partial charge in [-0.3, -0.25) is 4.79 Å². The van der Waals surface area contributed by atoms with Gasteiger partial charge in [-0.15, -0.1) is 12.4 Å². The molecular formula is C9H10ClN3O2. The molecule has 0 atom stereocenters. The highest BCUT2D eigenvalue weighted by Crippen LogP contribution is 2.17. The van der Waals surface area contributed by atoms with E-state index in [1.165, 1.54) is 0 Å². The number of H-pyrrole nitrogens is 1. The number of imidazole rings is 1. The summed E-state index contributed by atoms with van der Waals surface area (Å²) in [6.07, 6.45) is -0.0400. The van der Waals surface area contributed by atoms with Gasteiger partial charge in [-0.05, 0) is 11.6 Å². The zero-order valence-electron chi connectivity index (χ0n) is 7.73. The van der Waals surface area contributed by atoms with Crippen molar-refractivity contribution in [2.24, 2.45) is 0 Å². The van der Waals surface area contributed by atoms with Crippen LogP contribution in [0.1, 0.15) is 5.56 Å². The Morgan fingerprint density at radius 2 is 2.27 bits per heavy atom. The number of rotatable bonds is 2. The molecule has 0 saturated heterocycles. The molecule has 4 N–H and O–H groups in total. The number of nitrogens with zero attached hydrogens (tertiary/aromatic N) is 1. The van der Waals surface area contributed by atoms with E-state index in [0.29, 0.717) is 17.0 Å². The molecule has 0 saturated carbocycles. The molecule has 0 fully saturated rings. The summed E-state index contributed by atoms with van der Waals surface area (Å²) in [5, 5.41) is 8.66. The third-order valence-corrected chi connectivity index (χ3v) is 1.96. The Kier molecular flexibility index (Phi) is 3.16. The monoisotopic (exact) mass is 227 g/mol. The van der Waals surface area contributed by atoms with Gasteiger partial charge in [0.15, 0.2) is 5.95 Å². The van der Waals surface area contributed by atoms with Crippen molar-refractivity contribution in [3.63, 3.8) is 0 Å². The molecule has 0 aliphatic rings. The number of aliphatic carboxylic acids is 1. The zero-order chi connectivity index (χ0) is 10.1. The van der Waals surface area contributed by atoms with Gasteiger partial charge < -0.3 is 15.8 Å². The van der Waals surface area contributed by atoms with Gasteiger partial charge in [0.05, 0.1) is 17.5 Å². The maximum atomic E-state index is 10.5. The summed E-state index contributed by atoms with van der Waals surface area (Å²) in [7, 11) is 0. The number of aromatic amines is 1. The largest absolute Gasteiger partial charge is 0.481 e. The van der Waals surface area contributed by atoms with Gasteiger partial charge in [0.25, 0.3) is 0 Å².